The van der Waals surface area contributed by atoms with Gasteiger partial charge in [0.1, 0.15) is 0 Å². The standard InChI is InChI=1S/C16H17F3N4O2.ClH/c1-20-12-3-2-8-23(9-12)14(24)11-6-4-10(5-7-11)13-21-15(25-22-13)16(17,18)19;/h4-7,12,20H,2-3,8-9H2,1H3;1H. The number of hydrogen-bond donors (Lipinski definition) is 1. The molecule has 0 radical (unpaired) electrons. The van der Waals surface area contributed by atoms with Gasteiger partial charge in [-0.2, -0.15) is 18.2 Å². The predicted molar refractivity (Wildman–Crippen MR) is 90.0 cm³/mol. The lowest BCUT2D eigenvalue weighted by Crippen LogP contribution is -2.46. The minimum Gasteiger partial charge on any atom is -0.337 e. The second kappa shape index (κ2) is 8.05. The molecule has 1 amide bonds. The number of nitrogens with zero attached hydrogens (tertiary/aromatic N) is 3. The summed E-state index contributed by atoms with van der Waals surface area (Å²) in [5.41, 5.74) is 0.822. The van der Waals surface area contributed by atoms with Gasteiger partial charge in [-0.1, -0.05) is 17.3 Å². The number of hydrogen-bond acceptors (Lipinski definition) is 5. The zero-order valence-electron chi connectivity index (χ0n) is 13.9. The van der Waals surface area contributed by atoms with Crippen molar-refractivity contribution in [3.63, 3.8) is 0 Å². The summed E-state index contributed by atoms with van der Waals surface area (Å²) in [7, 11) is 1.87. The first kappa shape index (κ1) is 20.2. The molecule has 1 aliphatic rings. The topological polar surface area (TPSA) is 71.3 Å². The Bertz CT molecular complexity index is 749. The average molecular weight is 391 g/mol. The highest BCUT2D eigenvalue weighted by atomic mass is 35.5. The molecule has 6 nitrogen and oxygen atoms in total. The van der Waals surface area contributed by atoms with Crippen LogP contribution in [0.25, 0.3) is 11.4 Å². The van der Waals surface area contributed by atoms with Gasteiger partial charge in [-0.05, 0) is 32.0 Å². The van der Waals surface area contributed by atoms with Gasteiger partial charge < -0.3 is 14.7 Å². The molecule has 2 heterocycles. The van der Waals surface area contributed by atoms with Crippen LogP contribution in [0.5, 0.6) is 0 Å². The minimum absolute atomic E-state index is 0. The van der Waals surface area contributed by atoms with Gasteiger partial charge in [-0.25, -0.2) is 0 Å². The number of nitrogens with one attached hydrogen (secondary N) is 1. The molecule has 1 saturated heterocycles. The highest BCUT2D eigenvalue weighted by Gasteiger charge is 2.38. The van der Waals surface area contributed by atoms with Crippen molar-refractivity contribution in [1.29, 1.82) is 0 Å². The Balaban J connectivity index is 0.00000243. The van der Waals surface area contributed by atoms with E-state index < -0.39 is 12.1 Å². The van der Waals surface area contributed by atoms with Crippen LogP contribution in [0.3, 0.4) is 0 Å². The molecule has 10 heteroatoms. The van der Waals surface area contributed by atoms with Crippen LogP contribution < -0.4 is 5.32 Å². The summed E-state index contributed by atoms with van der Waals surface area (Å²) in [5, 5.41) is 6.50. The monoisotopic (exact) mass is 390 g/mol. The summed E-state index contributed by atoms with van der Waals surface area (Å²) in [6.07, 6.45) is -2.73. The molecule has 142 valence electrons. The van der Waals surface area contributed by atoms with Crippen LogP contribution in [0.4, 0.5) is 13.2 Å². The first-order valence-electron chi connectivity index (χ1n) is 7.86. The molecule has 1 aliphatic heterocycles. The molecule has 1 unspecified atom stereocenters. The quantitative estimate of drug-likeness (QED) is 0.872. The molecule has 0 aliphatic carbocycles. The molecule has 26 heavy (non-hydrogen) atoms. The molecule has 1 N–H and O–H groups in total. The first-order valence-corrected chi connectivity index (χ1v) is 7.86. The maximum atomic E-state index is 12.5. The van der Waals surface area contributed by atoms with E-state index in [1.165, 1.54) is 12.1 Å². The van der Waals surface area contributed by atoms with Gasteiger partial charge in [0.2, 0.25) is 5.82 Å². The fourth-order valence-corrected chi connectivity index (χ4v) is 2.80. The van der Waals surface area contributed by atoms with Crippen LogP contribution in [0.1, 0.15) is 29.1 Å². The number of alkyl halides is 3. The van der Waals surface area contributed by atoms with Gasteiger partial charge >= 0.3 is 12.1 Å². The van der Waals surface area contributed by atoms with Crippen molar-refractivity contribution in [2.75, 3.05) is 20.1 Å². The Labute approximate surface area is 154 Å². The third kappa shape index (κ3) is 4.34. The smallest absolute Gasteiger partial charge is 0.337 e. The molecule has 1 aromatic carbocycles. The maximum absolute atomic E-state index is 12.5. The molecular formula is C16H18ClF3N4O2. The third-order valence-corrected chi connectivity index (χ3v) is 4.18. The third-order valence-electron chi connectivity index (χ3n) is 4.18. The summed E-state index contributed by atoms with van der Waals surface area (Å²) in [5.74, 6) is -1.66. The van der Waals surface area contributed by atoms with Gasteiger partial charge in [-0.3, -0.25) is 4.79 Å². The summed E-state index contributed by atoms with van der Waals surface area (Å²) in [6, 6.07) is 6.42. The van der Waals surface area contributed by atoms with Crippen LogP contribution in [-0.2, 0) is 6.18 Å². The molecule has 0 bridgehead atoms. The van der Waals surface area contributed by atoms with Gasteiger partial charge in [0.05, 0.1) is 0 Å². The molecule has 1 atom stereocenters. The van der Waals surface area contributed by atoms with Crippen molar-refractivity contribution < 1.29 is 22.5 Å². The minimum atomic E-state index is -4.68. The van der Waals surface area contributed by atoms with Gasteiger partial charge in [0.15, 0.2) is 0 Å². The maximum Gasteiger partial charge on any atom is 0.471 e. The highest BCUT2D eigenvalue weighted by Crippen LogP contribution is 2.29. The SMILES string of the molecule is CNC1CCCN(C(=O)c2ccc(-c3noc(C(F)(F)F)n3)cc2)C1.Cl. The molecular weight excluding hydrogens is 373 g/mol. The normalized spacial score (nSPS) is 17.7. The zero-order valence-corrected chi connectivity index (χ0v) is 14.7. The lowest BCUT2D eigenvalue weighted by atomic mass is 10.0. The Kier molecular flexibility index (Phi) is 6.25. The van der Waals surface area contributed by atoms with E-state index >= 15 is 0 Å². The van der Waals surface area contributed by atoms with E-state index in [2.05, 4.69) is 20.0 Å². The fraction of sp³-hybridized carbons (Fsp3) is 0.438. The molecule has 3 rings (SSSR count). The molecule has 1 fully saturated rings. The van der Waals surface area contributed by atoms with Crippen molar-refractivity contribution in [3.05, 3.63) is 35.7 Å². The number of amides is 1. The zero-order chi connectivity index (χ0) is 18.0. The van der Waals surface area contributed by atoms with Crippen LogP contribution in [0, 0.1) is 0 Å². The van der Waals surface area contributed by atoms with E-state index in [9.17, 15) is 18.0 Å². The van der Waals surface area contributed by atoms with Crippen LogP contribution >= 0.6 is 12.4 Å². The lowest BCUT2D eigenvalue weighted by molar-refractivity contribution is -0.159. The van der Waals surface area contributed by atoms with E-state index in [1.54, 1.807) is 17.0 Å². The fourth-order valence-electron chi connectivity index (χ4n) is 2.80. The number of halogens is 4. The number of benzene rings is 1. The number of carbonyl (C=O) groups excluding carboxylic acids is 1. The van der Waals surface area contributed by atoms with E-state index in [0.717, 1.165) is 12.8 Å². The number of likely N-dealkylation sites (tertiary alicyclic amines) is 1. The van der Waals surface area contributed by atoms with Crippen molar-refractivity contribution in [2.24, 2.45) is 0 Å². The van der Waals surface area contributed by atoms with E-state index in [-0.39, 0.29) is 30.2 Å². The van der Waals surface area contributed by atoms with Crippen molar-refractivity contribution in [2.45, 2.75) is 25.1 Å². The number of carbonyl (C=O) groups is 1. The number of aromatic nitrogens is 2. The van der Waals surface area contributed by atoms with E-state index in [4.69, 9.17) is 0 Å². The second-order valence-electron chi connectivity index (χ2n) is 5.88. The summed E-state index contributed by atoms with van der Waals surface area (Å²) < 4.78 is 41.7. The van der Waals surface area contributed by atoms with E-state index in [1.807, 2.05) is 7.05 Å². The number of piperidine rings is 1. The van der Waals surface area contributed by atoms with Crippen molar-refractivity contribution >= 4 is 18.3 Å². The molecule has 1 aromatic heterocycles. The number of rotatable bonds is 3. The van der Waals surface area contributed by atoms with Gasteiger partial charge in [-0.15, -0.1) is 12.4 Å². The molecule has 2 aromatic rings. The predicted octanol–water partition coefficient (Wildman–Crippen LogP) is 3.00. The number of likely N-dealkylation sites (N-methyl/N-ethyl adjacent to an activating group) is 1. The Morgan fingerprint density at radius 1 is 1.31 bits per heavy atom. The van der Waals surface area contributed by atoms with E-state index in [0.29, 0.717) is 24.2 Å². The van der Waals surface area contributed by atoms with Crippen molar-refractivity contribution in [3.8, 4) is 11.4 Å². The summed E-state index contributed by atoms with van der Waals surface area (Å²) in [4.78, 5) is 17.6. The Morgan fingerprint density at radius 3 is 2.58 bits per heavy atom. The van der Waals surface area contributed by atoms with Crippen molar-refractivity contribution in [1.82, 2.24) is 20.4 Å². The second-order valence-corrected chi connectivity index (χ2v) is 5.88. The Morgan fingerprint density at radius 2 is 2.00 bits per heavy atom. The largest absolute Gasteiger partial charge is 0.471 e. The average Bonchev–Trinajstić information content (AvgIpc) is 3.12. The Hall–Kier alpha value is -2.13. The van der Waals surface area contributed by atoms with Crippen LogP contribution in [0.2, 0.25) is 0 Å². The first-order chi connectivity index (χ1) is 11.9. The summed E-state index contributed by atoms with van der Waals surface area (Å²) >= 11 is 0. The molecule has 0 saturated carbocycles. The van der Waals surface area contributed by atoms with Crippen LogP contribution in [-0.4, -0.2) is 47.1 Å². The highest BCUT2D eigenvalue weighted by molar-refractivity contribution is 5.94. The van der Waals surface area contributed by atoms with Gasteiger partial charge in [0.25, 0.3) is 5.91 Å². The van der Waals surface area contributed by atoms with Crippen LogP contribution in [0.15, 0.2) is 28.8 Å². The summed E-state index contributed by atoms with van der Waals surface area (Å²) in [6.45, 7) is 1.33. The molecule has 0 spiro atoms. The van der Waals surface area contributed by atoms with Gasteiger partial charge in [0, 0.05) is 30.3 Å². The lowest BCUT2D eigenvalue weighted by Gasteiger charge is -2.32.